The van der Waals surface area contributed by atoms with Gasteiger partial charge in [0.05, 0.1) is 11.5 Å². The van der Waals surface area contributed by atoms with E-state index >= 15 is 0 Å². The van der Waals surface area contributed by atoms with Crippen molar-refractivity contribution >= 4 is 23.4 Å². The van der Waals surface area contributed by atoms with Crippen LogP contribution in [0, 0.1) is 10.1 Å². The average Bonchev–Trinajstić information content (AvgIpc) is 2.37. The zero-order valence-electron chi connectivity index (χ0n) is 10.5. The van der Waals surface area contributed by atoms with Crippen molar-refractivity contribution < 1.29 is 24.7 Å². The second kappa shape index (κ2) is 5.97. The molecule has 108 valence electrons. The first kappa shape index (κ1) is 15.4. The molecule has 4 N–H and O–H groups in total. The molecular weight excluding hydrogens is 270 g/mol. The molecule has 2 amide bonds. The Hall–Kier alpha value is -2.68. The van der Waals surface area contributed by atoms with E-state index in [-0.39, 0.29) is 5.69 Å². The number of rotatable bonds is 5. The molecule has 0 saturated heterocycles. The molecule has 0 aliphatic rings. The number of nitro benzene ring substituents is 1. The summed E-state index contributed by atoms with van der Waals surface area (Å²) in [6.45, 7) is 0.558. The molecule has 9 heteroatoms. The molecule has 1 unspecified atom stereocenters. The standard InChI is InChI=1S/C11H13N3O6/c1-11(18,9(15)16)6-12-10(17)13-7-2-4-8(5-3-7)14(19)20/h2-5,18H,6H2,1H3,(H,15,16)(H2,12,13,17). The van der Waals surface area contributed by atoms with Gasteiger partial charge >= 0.3 is 12.0 Å². The molecule has 0 bridgehead atoms. The Morgan fingerprint density at radius 3 is 2.35 bits per heavy atom. The molecule has 0 radical (unpaired) electrons. The van der Waals surface area contributed by atoms with Crippen LogP contribution in [0.25, 0.3) is 0 Å². The molecule has 0 fully saturated rings. The first-order valence-electron chi connectivity index (χ1n) is 5.47. The molecule has 9 nitrogen and oxygen atoms in total. The minimum atomic E-state index is -2.08. The van der Waals surface area contributed by atoms with Crippen molar-refractivity contribution in [1.82, 2.24) is 5.32 Å². The number of hydrogen-bond donors (Lipinski definition) is 4. The number of urea groups is 1. The van der Waals surface area contributed by atoms with Crippen LogP contribution in [0.3, 0.4) is 0 Å². The van der Waals surface area contributed by atoms with Crippen LogP contribution < -0.4 is 10.6 Å². The van der Waals surface area contributed by atoms with Gasteiger partial charge in [-0.1, -0.05) is 0 Å². The Balaban J connectivity index is 2.54. The fraction of sp³-hybridized carbons (Fsp3) is 0.273. The summed E-state index contributed by atoms with van der Waals surface area (Å²) in [5.41, 5.74) is -1.90. The van der Waals surface area contributed by atoms with Crippen molar-refractivity contribution in [2.45, 2.75) is 12.5 Å². The van der Waals surface area contributed by atoms with Gasteiger partial charge in [-0.2, -0.15) is 0 Å². The van der Waals surface area contributed by atoms with E-state index in [0.717, 1.165) is 6.92 Å². The third-order valence-electron chi connectivity index (χ3n) is 2.39. The largest absolute Gasteiger partial charge is 0.479 e. The van der Waals surface area contributed by atoms with Gasteiger partial charge in [0.2, 0.25) is 0 Å². The molecule has 0 spiro atoms. The third-order valence-corrected chi connectivity index (χ3v) is 2.39. The maximum Gasteiger partial charge on any atom is 0.337 e. The molecule has 0 aliphatic carbocycles. The number of amides is 2. The second-order valence-electron chi connectivity index (χ2n) is 4.19. The molecule has 0 aromatic heterocycles. The van der Waals surface area contributed by atoms with Crippen LogP contribution in [-0.4, -0.2) is 39.3 Å². The van der Waals surface area contributed by atoms with Crippen LogP contribution in [0.15, 0.2) is 24.3 Å². The Labute approximate surface area is 113 Å². The monoisotopic (exact) mass is 283 g/mol. The highest BCUT2D eigenvalue weighted by molar-refractivity contribution is 5.90. The Morgan fingerprint density at radius 2 is 1.90 bits per heavy atom. The number of anilines is 1. The van der Waals surface area contributed by atoms with Crippen molar-refractivity contribution in [3.63, 3.8) is 0 Å². The normalized spacial score (nSPS) is 13.1. The molecule has 0 aliphatic heterocycles. The van der Waals surface area contributed by atoms with Gasteiger partial charge in [0.15, 0.2) is 5.60 Å². The van der Waals surface area contributed by atoms with Crippen LogP contribution in [0.5, 0.6) is 0 Å². The highest BCUT2D eigenvalue weighted by Gasteiger charge is 2.30. The lowest BCUT2D eigenvalue weighted by Gasteiger charge is -2.18. The molecule has 0 heterocycles. The maximum absolute atomic E-state index is 11.4. The fourth-order valence-electron chi connectivity index (χ4n) is 1.17. The zero-order valence-corrected chi connectivity index (χ0v) is 10.5. The predicted octanol–water partition coefficient (Wildman–Crippen LogP) is 0.552. The van der Waals surface area contributed by atoms with Gasteiger partial charge in [-0.05, 0) is 19.1 Å². The number of carboxylic acids is 1. The minimum Gasteiger partial charge on any atom is -0.479 e. The molecule has 1 rings (SSSR count). The van der Waals surface area contributed by atoms with Gasteiger partial charge in [-0.15, -0.1) is 0 Å². The van der Waals surface area contributed by atoms with Crippen molar-refractivity contribution in [2.75, 3.05) is 11.9 Å². The summed E-state index contributed by atoms with van der Waals surface area (Å²) in [5.74, 6) is -1.46. The summed E-state index contributed by atoms with van der Waals surface area (Å²) >= 11 is 0. The van der Waals surface area contributed by atoms with E-state index in [9.17, 15) is 24.8 Å². The number of aliphatic hydroxyl groups is 1. The maximum atomic E-state index is 11.4. The smallest absolute Gasteiger partial charge is 0.337 e. The molecule has 0 saturated carbocycles. The molecule has 20 heavy (non-hydrogen) atoms. The number of nitro groups is 1. The minimum absolute atomic E-state index is 0.121. The van der Waals surface area contributed by atoms with Crippen molar-refractivity contribution in [3.05, 3.63) is 34.4 Å². The summed E-state index contributed by atoms with van der Waals surface area (Å²) in [4.78, 5) is 31.9. The summed E-state index contributed by atoms with van der Waals surface area (Å²) in [6, 6.07) is 4.34. The van der Waals surface area contributed by atoms with Gasteiger partial charge in [0.1, 0.15) is 0 Å². The van der Waals surface area contributed by atoms with Crippen LogP contribution in [-0.2, 0) is 4.79 Å². The van der Waals surface area contributed by atoms with Crippen molar-refractivity contribution in [1.29, 1.82) is 0 Å². The summed E-state index contributed by atoms with van der Waals surface area (Å²) < 4.78 is 0. The average molecular weight is 283 g/mol. The van der Waals surface area contributed by atoms with E-state index in [1.807, 2.05) is 0 Å². The zero-order chi connectivity index (χ0) is 15.3. The number of nitrogens with one attached hydrogen (secondary N) is 2. The third kappa shape index (κ3) is 4.21. The lowest BCUT2D eigenvalue weighted by atomic mass is 10.1. The second-order valence-corrected chi connectivity index (χ2v) is 4.19. The fourth-order valence-corrected chi connectivity index (χ4v) is 1.17. The van der Waals surface area contributed by atoms with Gasteiger partial charge in [-0.3, -0.25) is 10.1 Å². The van der Waals surface area contributed by atoms with E-state index in [0.29, 0.717) is 5.69 Å². The number of carbonyl (C=O) groups is 2. The summed E-state index contributed by atoms with van der Waals surface area (Å²) in [6.07, 6.45) is 0. The number of carbonyl (C=O) groups excluding carboxylic acids is 1. The lowest BCUT2D eigenvalue weighted by Crippen LogP contribution is -2.47. The Kier molecular flexibility index (Phi) is 4.59. The van der Waals surface area contributed by atoms with Crippen LogP contribution in [0.4, 0.5) is 16.2 Å². The SMILES string of the molecule is CC(O)(CNC(=O)Nc1ccc([N+](=O)[O-])cc1)C(=O)O. The van der Waals surface area contributed by atoms with E-state index in [1.165, 1.54) is 24.3 Å². The highest BCUT2D eigenvalue weighted by Crippen LogP contribution is 2.15. The van der Waals surface area contributed by atoms with Crippen LogP contribution in [0.2, 0.25) is 0 Å². The number of nitrogens with zero attached hydrogens (tertiary/aromatic N) is 1. The molecule has 1 aromatic carbocycles. The van der Waals surface area contributed by atoms with E-state index < -0.39 is 29.1 Å². The topological polar surface area (TPSA) is 142 Å². The predicted molar refractivity (Wildman–Crippen MR) is 68.4 cm³/mol. The van der Waals surface area contributed by atoms with Gasteiger partial charge in [0, 0.05) is 17.8 Å². The van der Waals surface area contributed by atoms with Crippen LogP contribution in [0.1, 0.15) is 6.92 Å². The lowest BCUT2D eigenvalue weighted by molar-refractivity contribution is -0.384. The van der Waals surface area contributed by atoms with Gasteiger partial charge in [-0.25, -0.2) is 9.59 Å². The van der Waals surface area contributed by atoms with Crippen LogP contribution >= 0.6 is 0 Å². The quantitative estimate of drug-likeness (QED) is 0.459. The Bertz CT molecular complexity index is 525. The van der Waals surface area contributed by atoms with E-state index in [1.54, 1.807) is 0 Å². The molecular formula is C11H13N3O6. The van der Waals surface area contributed by atoms with E-state index in [4.69, 9.17) is 5.11 Å². The van der Waals surface area contributed by atoms with Gasteiger partial charge in [0.25, 0.3) is 5.69 Å². The number of carboxylic acid groups (broad SMARTS) is 1. The number of aliphatic carboxylic acids is 1. The Morgan fingerprint density at radius 1 is 1.35 bits per heavy atom. The summed E-state index contributed by atoms with van der Waals surface area (Å²) in [7, 11) is 0. The highest BCUT2D eigenvalue weighted by atomic mass is 16.6. The first-order valence-corrected chi connectivity index (χ1v) is 5.47. The number of non-ortho nitro benzene ring substituents is 1. The van der Waals surface area contributed by atoms with Crippen molar-refractivity contribution in [3.8, 4) is 0 Å². The van der Waals surface area contributed by atoms with Crippen molar-refractivity contribution in [2.24, 2.45) is 0 Å². The molecule has 1 atom stereocenters. The van der Waals surface area contributed by atoms with Gasteiger partial charge < -0.3 is 20.8 Å². The number of hydrogen-bond acceptors (Lipinski definition) is 5. The molecule has 1 aromatic rings. The first-order chi connectivity index (χ1) is 9.22. The summed E-state index contributed by atoms with van der Waals surface area (Å²) in [5, 5.41) is 33.0. The van der Waals surface area contributed by atoms with E-state index in [2.05, 4.69) is 10.6 Å². The number of benzene rings is 1.